The Morgan fingerprint density at radius 2 is 1.85 bits per heavy atom. The summed E-state index contributed by atoms with van der Waals surface area (Å²) in [6.45, 7) is 0. The largest absolute Gasteiger partial charge is 0.331 e. The minimum atomic E-state index is -0.250. The predicted octanol–water partition coefficient (Wildman–Crippen LogP) is 4.07. The van der Waals surface area contributed by atoms with Gasteiger partial charge in [-0.15, -0.1) is 0 Å². The first kappa shape index (κ1) is 15.2. The molecule has 0 bridgehead atoms. The van der Waals surface area contributed by atoms with E-state index in [-0.39, 0.29) is 11.0 Å². The number of halogens is 2. The van der Waals surface area contributed by atoms with E-state index in [1.54, 1.807) is 36.4 Å². The lowest BCUT2D eigenvalue weighted by atomic mass is 10.2. The van der Waals surface area contributed by atoms with Crippen LogP contribution in [0.25, 0.3) is 0 Å². The lowest BCUT2D eigenvalue weighted by Gasteiger charge is -2.11. The van der Waals surface area contributed by atoms with Gasteiger partial charge in [-0.1, -0.05) is 29.8 Å². The predicted molar refractivity (Wildman–Crippen MR) is 94.3 cm³/mol. The molecule has 2 aromatic rings. The zero-order valence-corrected chi connectivity index (χ0v) is 13.9. The smallest absolute Gasteiger partial charge is 0.257 e. The van der Waals surface area contributed by atoms with Crippen molar-refractivity contribution in [1.82, 2.24) is 5.32 Å². The average molecular weight is 417 g/mol. The quantitative estimate of drug-likeness (QED) is 0.573. The average Bonchev–Trinajstić information content (AvgIpc) is 2.43. The van der Waals surface area contributed by atoms with E-state index in [2.05, 4.69) is 33.2 Å². The molecule has 0 aliphatic carbocycles. The second kappa shape index (κ2) is 7.01. The molecule has 0 spiro atoms. The van der Waals surface area contributed by atoms with Crippen molar-refractivity contribution in [3.63, 3.8) is 0 Å². The number of amides is 1. The molecule has 2 rings (SSSR count). The van der Waals surface area contributed by atoms with E-state index in [4.69, 9.17) is 23.8 Å². The second-order valence-electron chi connectivity index (χ2n) is 3.90. The maximum Gasteiger partial charge on any atom is 0.257 e. The van der Waals surface area contributed by atoms with Crippen molar-refractivity contribution >= 4 is 63.1 Å². The first-order chi connectivity index (χ1) is 9.56. The Morgan fingerprint density at radius 1 is 1.15 bits per heavy atom. The molecule has 0 saturated heterocycles. The molecule has 0 fully saturated rings. The van der Waals surface area contributed by atoms with Crippen molar-refractivity contribution in [2.24, 2.45) is 0 Å². The van der Waals surface area contributed by atoms with Gasteiger partial charge >= 0.3 is 0 Å². The van der Waals surface area contributed by atoms with Crippen LogP contribution in [-0.2, 0) is 0 Å². The number of benzene rings is 2. The van der Waals surface area contributed by atoms with Crippen molar-refractivity contribution in [3.8, 4) is 0 Å². The molecule has 2 N–H and O–H groups in total. The zero-order valence-electron chi connectivity index (χ0n) is 10.2. The molecular formula is C14H10ClIN2OS. The molecule has 0 saturated carbocycles. The van der Waals surface area contributed by atoms with Crippen molar-refractivity contribution in [3.05, 3.63) is 62.7 Å². The first-order valence-corrected chi connectivity index (χ1v) is 7.55. The molecule has 0 aliphatic heterocycles. The van der Waals surface area contributed by atoms with Gasteiger partial charge in [0.25, 0.3) is 5.91 Å². The summed E-state index contributed by atoms with van der Waals surface area (Å²) < 4.78 is 0.961. The Hall–Kier alpha value is -1.18. The SMILES string of the molecule is O=C(NC(=S)Nc1cc(Cl)ccc1I)c1ccccc1. The molecule has 0 radical (unpaired) electrons. The van der Waals surface area contributed by atoms with Gasteiger partial charge in [-0.3, -0.25) is 10.1 Å². The number of thiocarbonyl (C=S) groups is 1. The molecule has 20 heavy (non-hydrogen) atoms. The fourth-order valence-corrected chi connectivity index (χ4v) is 2.36. The van der Waals surface area contributed by atoms with Crippen LogP contribution >= 0.6 is 46.4 Å². The summed E-state index contributed by atoms with van der Waals surface area (Å²) in [7, 11) is 0. The zero-order chi connectivity index (χ0) is 14.5. The van der Waals surface area contributed by atoms with Crippen LogP contribution < -0.4 is 10.6 Å². The van der Waals surface area contributed by atoms with Crippen LogP contribution in [-0.4, -0.2) is 11.0 Å². The number of hydrogen-bond donors (Lipinski definition) is 2. The van der Waals surface area contributed by atoms with Gasteiger partial charge in [-0.2, -0.15) is 0 Å². The van der Waals surface area contributed by atoms with Crippen molar-refractivity contribution in [2.45, 2.75) is 0 Å². The highest BCUT2D eigenvalue weighted by molar-refractivity contribution is 14.1. The highest BCUT2D eigenvalue weighted by atomic mass is 127. The van der Waals surface area contributed by atoms with Gasteiger partial charge in [-0.05, 0) is 65.1 Å². The lowest BCUT2D eigenvalue weighted by molar-refractivity contribution is 0.0978. The van der Waals surface area contributed by atoms with Gasteiger partial charge in [0.05, 0.1) is 5.69 Å². The highest BCUT2D eigenvalue weighted by Gasteiger charge is 2.08. The summed E-state index contributed by atoms with van der Waals surface area (Å²) in [6.07, 6.45) is 0. The van der Waals surface area contributed by atoms with Crippen LogP contribution in [0.5, 0.6) is 0 Å². The summed E-state index contributed by atoms with van der Waals surface area (Å²) in [6, 6.07) is 14.3. The fraction of sp³-hybridized carbons (Fsp3) is 0. The van der Waals surface area contributed by atoms with E-state index in [9.17, 15) is 4.79 Å². The molecule has 2 aromatic carbocycles. The van der Waals surface area contributed by atoms with Crippen LogP contribution in [0, 0.1) is 3.57 Å². The summed E-state index contributed by atoms with van der Waals surface area (Å²) in [5, 5.41) is 6.42. The maximum absolute atomic E-state index is 11.9. The van der Waals surface area contributed by atoms with Crippen LogP contribution in [0.4, 0.5) is 5.69 Å². The van der Waals surface area contributed by atoms with Gasteiger partial charge in [-0.25, -0.2) is 0 Å². The third-order valence-electron chi connectivity index (χ3n) is 2.44. The van der Waals surface area contributed by atoms with Gasteiger partial charge in [0.15, 0.2) is 5.11 Å². The van der Waals surface area contributed by atoms with E-state index in [0.29, 0.717) is 10.6 Å². The molecule has 0 heterocycles. The standard InChI is InChI=1S/C14H10ClIN2OS/c15-10-6-7-11(16)12(8-10)17-14(20)18-13(19)9-4-2-1-3-5-9/h1-8H,(H2,17,18,19,20). The Bertz CT molecular complexity index is 649. The van der Waals surface area contributed by atoms with Gasteiger partial charge < -0.3 is 5.32 Å². The Morgan fingerprint density at radius 3 is 2.55 bits per heavy atom. The summed E-state index contributed by atoms with van der Waals surface area (Å²) in [5.74, 6) is -0.250. The number of hydrogen-bond acceptors (Lipinski definition) is 2. The van der Waals surface area contributed by atoms with E-state index in [1.165, 1.54) is 0 Å². The fourth-order valence-electron chi connectivity index (χ4n) is 1.51. The molecular weight excluding hydrogens is 407 g/mol. The lowest BCUT2D eigenvalue weighted by Crippen LogP contribution is -2.34. The van der Waals surface area contributed by atoms with E-state index in [1.807, 2.05) is 12.1 Å². The monoisotopic (exact) mass is 416 g/mol. The third-order valence-corrected chi connectivity index (χ3v) is 3.82. The third kappa shape index (κ3) is 4.16. The van der Waals surface area contributed by atoms with E-state index < -0.39 is 0 Å². The number of carbonyl (C=O) groups excluding carboxylic acids is 1. The minimum absolute atomic E-state index is 0.235. The van der Waals surface area contributed by atoms with Gasteiger partial charge in [0.1, 0.15) is 0 Å². The van der Waals surface area contributed by atoms with Crippen molar-refractivity contribution < 1.29 is 4.79 Å². The molecule has 6 heteroatoms. The van der Waals surface area contributed by atoms with E-state index >= 15 is 0 Å². The van der Waals surface area contributed by atoms with Gasteiger partial charge in [0, 0.05) is 14.2 Å². The second-order valence-corrected chi connectivity index (χ2v) is 5.91. The molecule has 0 atom stereocenters. The Kier molecular flexibility index (Phi) is 5.33. The molecule has 0 aromatic heterocycles. The summed E-state index contributed by atoms with van der Waals surface area (Å²) >= 11 is 13.2. The minimum Gasteiger partial charge on any atom is -0.331 e. The molecule has 0 unspecified atom stereocenters. The maximum atomic E-state index is 11.9. The van der Waals surface area contributed by atoms with Crippen molar-refractivity contribution in [1.29, 1.82) is 0 Å². The first-order valence-electron chi connectivity index (χ1n) is 5.68. The number of carbonyl (C=O) groups is 1. The molecule has 1 amide bonds. The van der Waals surface area contributed by atoms with Crippen LogP contribution in [0.1, 0.15) is 10.4 Å². The summed E-state index contributed by atoms with van der Waals surface area (Å²) in [4.78, 5) is 11.9. The number of nitrogens with one attached hydrogen (secondary N) is 2. The normalized spacial score (nSPS) is 9.90. The molecule has 0 aliphatic rings. The van der Waals surface area contributed by atoms with Gasteiger partial charge in [0.2, 0.25) is 0 Å². The molecule has 102 valence electrons. The van der Waals surface area contributed by atoms with Crippen LogP contribution in [0.3, 0.4) is 0 Å². The highest BCUT2D eigenvalue weighted by Crippen LogP contribution is 2.22. The van der Waals surface area contributed by atoms with Crippen LogP contribution in [0.2, 0.25) is 5.02 Å². The topological polar surface area (TPSA) is 41.1 Å². The van der Waals surface area contributed by atoms with Crippen LogP contribution in [0.15, 0.2) is 48.5 Å². The Labute approximate surface area is 140 Å². The van der Waals surface area contributed by atoms with E-state index in [0.717, 1.165) is 9.26 Å². The number of anilines is 1. The Balaban J connectivity index is 2.03. The molecule has 3 nitrogen and oxygen atoms in total. The summed E-state index contributed by atoms with van der Waals surface area (Å²) in [5.41, 5.74) is 1.31. The van der Waals surface area contributed by atoms with Crippen molar-refractivity contribution in [2.75, 3.05) is 5.32 Å². The number of rotatable bonds is 2.